The molecular weight excluding hydrogens is 237 g/mol. The van der Waals surface area contributed by atoms with Gasteiger partial charge in [-0.1, -0.05) is 11.6 Å². The predicted molar refractivity (Wildman–Crippen MR) is 62.2 cm³/mol. The van der Waals surface area contributed by atoms with Crippen LogP contribution in [0.4, 0.5) is 0 Å². The van der Waals surface area contributed by atoms with Gasteiger partial charge in [-0.15, -0.1) is 23.4 Å². The standard InChI is InChI=1S/C10H9Cl2NS/c11-4-1-5-14-10-3-2-9(12)6-8(10)7-13/h2-3,6H,1,4-5H2. The molecule has 0 atom stereocenters. The van der Waals surface area contributed by atoms with E-state index in [-0.39, 0.29) is 0 Å². The van der Waals surface area contributed by atoms with E-state index in [0.29, 0.717) is 16.5 Å². The van der Waals surface area contributed by atoms with Gasteiger partial charge >= 0.3 is 0 Å². The second-order valence-electron chi connectivity index (χ2n) is 2.64. The van der Waals surface area contributed by atoms with Crippen LogP contribution in [0.5, 0.6) is 0 Å². The smallest absolute Gasteiger partial charge is 0.100 e. The van der Waals surface area contributed by atoms with Crippen molar-refractivity contribution in [3.63, 3.8) is 0 Å². The molecule has 1 aromatic rings. The van der Waals surface area contributed by atoms with Gasteiger partial charge in [-0.3, -0.25) is 0 Å². The molecule has 0 amide bonds. The summed E-state index contributed by atoms with van der Waals surface area (Å²) in [6.07, 6.45) is 0.944. The molecule has 0 N–H and O–H groups in total. The number of hydrogen-bond acceptors (Lipinski definition) is 2. The maximum Gasteiger partial charge on any atom is 0.100 e. The second kappa shape index (κ2) is 6.19. The quantitative estimate of drug-likeness (QED) is 0.456. The Hall–Kier alpha value is -0.360. The molecule has 0 aliphatic rings. The molecule has 0 spiro atoms. The number of nitriles is 1. The lowest BCUT2D eigenvalue weighted by atomic mass is 10.2. The average molecular weight is 246 g/mol. The van der Waals surface area contributed by atoms with Crippen molar-refractivity contribution in [2.45, 2.75) is 11.3 Å². The first-order chi connectivity index (χ1) is 6.77. The zero-order valence-corrected chi connectivity index (χ0v) is 9.79. The molecule has 1 nitrogen and oxygen atoms in total. The van der Waals surface area contributed by atoms with Gasteiger partial charge in [-0.2, -0.15) is 5.26 Å². The lowest BCUT2D eigenvalue weighted by molar-refractivity contribution is 1.11. The Balaban J connectivity index is 2.72. The van der Waals surface area contributed by atoms with Gasteiger partial charge in [-0.25, -0.2) is 0 Å². The minimum Gasteiger partial charge on any atom is -0.192 e. The first-order valence-electron chi connectivity index (χ1n) is 4.16. The van der Waals surface area contributed by atoms with Crippen molar-refractivity contribution in [1.82, 2.24) is 0 Å². The highest BCUT2D eigenvalue weighted by molar-refractivity contribution is 7.99. The molecule has 4 heteroatoms. The van der Waals surface area contributed by atoms with Crippen LogP contribution < -0.4 is 0 Å². The number of halogens is 2. The molecular formula is C10H9Cl2NS. The van der Waals surface area contributed by atoms with Gasteiger partial charge in [0.1, 0.15) is 6.07 Å². The summed E-state index contributed by atoms with van der Waals surface area (Å²) in [7, 11) is 0. The Morgan fingerprint density at radius 3 is 2.86 bits per heavy atom. The first-order valence-corrected chi connectivity index (χ1v) is 6.06. The van der Waals surface area contributed by atoms with E-state index in [9.17, 15) is 0 Å². The van der Waals surface area contributed by atoms with Gasteiger partial charge in [0.2, 0.25) is 0 Å². The molecule has 0 aliphatic carbocycles. The highest BCUT2D eigenvalue weighted by atomic mass is 35.5. The fourth-order valence-corrected chi connectivity index (χ4v) is 2.35. The molecule has 14 heavy (non-hydrogen) atoms. The van der Waals surface area contributed by atoms with Crippen molar-refractivity contribution in [3.05, 3.63) is 28.8 Å². The molecule has 0 unspecified atom stereocenters. The SMILES string of the molecule is N#Cc1cc(Cl)ccc1SCCCCl. The van der Waals surface area contributed by atoms with E-state index in [1.807, 2.05) is 6.07 Å². The van der Waals surface area contributed by atoms with E-state index in [1.165, 1.54) is 0 Å². The molecule has 74 valence electrons. The van der Waals surface area contributed by atoms with Crippen molar-refractivity contribution in [1.29, 1.82) is 5.26 Å². The maximum atomic E-state index is 8.85. The third-order valence-electron chi connectivity index (χ3n) is 1.60. The summed E-state index contributed by atoms with van der Waals surface area (Å²) >= 11 is 13.0. The number of rotatable bonds is 4. The van der Waals surface area contributed by atoms with Gasteiger partial charge in [0.25, 0.3) is 0 Å². The van der Waals surface area contributed by atoms with Crippen LogP contribution in [0.2, 0.25) is 5.02 Å². The van der Waals surface area contributed by atoms with Crippen LogP contribution >= 0.6 is 35.0 Å². The Morgan fingerprint density at radius 1 is 1.43 bits per heavy atom. The molecule has 0 aliphatic heterocycles. The Labute approximate surface area is 98.0 Å². The highest BCUT2D eigenvalue weighted by Crippen LogP contribution is 2.25. The van der Waals surface area contributed by atoms with Crippen LogP contribution in [0.3, 0.4) is 0 Å². The number of benzene rings is 1. The number of nitrogens with zero attached hydrogens (tertiary/aromatic N) is 1. The van der Waals surface area contributed by atoms with Crippen molar-refractivity contribution >= 4 is 35.0 Å². The van der Waals surface area contributed by atoms with Gasteiger partial charge in [0, 0.05) is 15.8 Å². The average Bonchev–Trinajstić information content (AvgIpc) is 2.20. The summed E-state index contributed by atoms with van der Waals surface area (Å²) in [6, 6.07) is 7.48. The van der Waals surface area contributed by atoms with E-state index in [0.717, 1.165) is 17.1 Å². The van der Waals surface area contributed by atoms with Crippen molar-refractivity contribution in [2.75, 3.05) is 11.6 Å². The Morgan fingerprint density at radius 2 is 2.21 bits per heavy atom. The van der Waals surface area contributed by atoms with Crippen LogP contribution in [0.1, 0.15) is 12.0 Å². The molecule has 0 heterocycles. The van der Waals surface area contributed by atoms with E-state index < -0.39 is 0 Å². The summed E-state index contributed by atoms with van der Waals surface area (Å²) in [4.78, 5) is 0.974. The largest absolute Gasteiger partial charge is 0.192 e. The van der Waals surface area contributed by atoms with E-state index in [4.69, 9.17) is 28.5 Å². The molecule has 0 aromatic heterocycles. The summed E-state index contributed by atoms with van der Waals surface area (Å²) < 4.78 is 0. The van der Waals surface area contributed by atoms with Gasteiger partial charge in [0.05, 0.1) is 5.56 Å². The monoisotopic (exact) mass is 245 g/mol. The normalized spacial score (nSPS) is 9.79. The van der Waals surface area contributed by atoms with Crippen molar-refractivity contribution in [2.24, 2.45) is 0 Å². The number of alkyl halides is 1. The van der Waals surface area contributed by atoms with Crippen molar-refractivity contribution < 1.29 is 0 Å². The zero-order valence-electron chi connectivity index (χ0n) is 7.46. The van der Waals surface area contributed by atoms with E-state index in [2.05, 4.69) is 6.07 Å². The summed E-state index contributed by atoms with van der Waals surface area (Å²) in [5, 5.41) is 9.45. The van der Waals surface area contributed by atoms with Crippen molar-refractivity contribution in [3.8, 4) is 6.07 Å². The second-order valence-corrected chi connectivity index (χ2v) is 4.59. The Kier molecular flexibility index (Phi) is 5.17. The molecule has 0 bridgehead atoms. The fraction of sp³-hybridized carbons (Fsp3) is 0.300. The molecule has 0 radical (unpaired) electrons. The number of hydrogen-bond donors (Lipinski definition) is 0. The van der Waals surface area contributed by atoms with Crippen LogP contribution in [-0.4, -0.2) is 11.6 Å². The third kappa shape index (κ3) is 3.42. The minimum absolute atomic E-state index is 0.600. The lowest BCUT2D eigenvalue weighted by Gasteiger charge is -2.02. The predicted octanol–water partition coefficient (Wildman–Crippen LogP) is 3.93. The van der Waals surface area contributed by atoms with Crippen LogP contribution in [0.15, 0.2) is 23.1 Å². The third-order valence-corrected chi connectivity index (χ3v) is 3.26. The molecule has 0 fully saturated rings. The van der Waals surface area contributed by atoms with Crippen LogP contribution in [-0.2, 0) is 0 Å². The summed E-state index contributed by atoms with van der Waals surface area (Å²) in [6.45, 7) is 0. The maximum absolute atomic E-state index is 8.85. The zero-order chi connectivity index (χ0) is 10.4. The number of thioether (sulfide) groups is 1. The van der Waals surface area contributed by atoms with Gasteiger partial charge in [-0.05, 0) is 30.4 Å². The summed E-state index contributed by atoms with van der Waals surface area (Å²) in [5.74, 6) is 1.59. The van der Waals surface area contributed by atoms with Crippen LogP contribution in [0.25, 0.3) is 0 Å². The molecule has 0 saturated heterocycles. The molecule has 1 aromatic carbocycles. The highest BCUT2D eigenvalue weighted by Gasteiger charge is 2.02. The van der Waals surface area contributed by atoms with E-state index in [1.54, 1.807) is 23.9 Å². The first kappa shape index (κ1) is 11.7. The van der Waals surface area contributed by atoms with Crippen LogP contribution in [0, 0.1) is 11.3 Å². The van der Waals surface area contributed by atoms with E-state index >= 15 is 0 Å². The topological polar surface area (TPSA) is 23.8 Å². The molecule has 0 saturated carbocycles. The molecule has 1 rings (SSSR count). The fourth-order valence-electron chi connectivity index (χ4n) is 0.952. The summed E-state index contributed by atoms with van der Waals surface area (Å²) in [5.41, 5.74) is 0.636. The van der Waals surface area contributed by atoms with Gasteiger partial charge in [0.15, 0.2) is 0 Å². The van der Waals surface area contributed by atoms with Gasteiger partial charge < -0.3 is 0 Å². The minimum atomic E-state index is 0.600. The Bertz CT molecular complexity index is 346. The lowest BCUT2D eigenvalue weighted by Crippen LogP contribution is -1.85.